The molecule has 1 amide bonds. The van der Waals surface area contributed by atoms with Crippen LogP contribution in [0, 0.1) is 11.8 Å². The van der Waals surface area contributed by atoms with Gasteiger partial charge >= 0.3 is 5.97 Å². The van der Waals surface area contributed by atoms with Gasteiger partial charge in [-0.1, -0.05) is 0 Å². The second kappa shape index (κ2) is 5.24. The van der Waals surface area contributed by atoms with Crippen LogP contribution in [0.25, 0.3) is 0 Å². The van der Waals surface area contributed by atoms with Gasteiger partial charge in [0.1, 0.15) is 0 Å². The lowest BCUT2D eigenvalue weighted by Gasteiger charge is -2.28. The van der Waals surface area contributed by atoms with Crippen molar-refractivity contribution >= 4 is 11.9 Å². The fraction of sp³-hybridized carbons (Fsp3) is 0.833. The molecule has 0 aromatic rings. The monoisotopic (exact) mass is 257 g/mol. The summed E-state index contributed by atoms with van der Waals surface area (Å²) in [7, 11) is 0. The van der Waals surface area contributed by atoms with Crippen molar-refractivity contribution in [2.45, 2.75) is 37.9 Å². The van der Waals surface area contributed by atoms with Crippen LogP contribution in [-0.4, -0.2) is 57.4 Å². The maximum absolute atomic E-state index is 12.1. The number of carbonyl (C=O) groups is 2. The molecule has 2 atom stereocenters. The Labute approximate surface area is 105 Å². The second-order valence-corrected chi connectivity index (χ2v) is 5.26. The molecule has 0 aromatic carbocycles. The maximum atomic E-state index is 12.1. The van der Waals surface area contributed by atoms with Gasteiger partial charge in [-0.15, -0.1) is 0 Å². The third-order valence-corrected chi connectivity index (χ3v) is 4.00. The number of aliphatic hydroxyl groups excluding tert-OH is 2. The minimum Gasteiger partial charge on any atom is -0.481 e. The number of carbonyl (C=O) groups excluding carboxylic acids is 1. The predicted molar refractivity (Wildman–Crippen MR) is 61.7 cm³/mol. The lowest BCUT2D eigenvalue weighted by Crippen LogP contribution is -2.37. The average Bonchev–Trinajstić information content (AvgIpc) is 2.69. The molecular formula is C12H19NO5. The molecule has 2 aliphatic rings. The summed E-state index contributed by atoms with van der Waals surface area (Å²) in [4.78, 5) is 24.4. The van der Waals surface area contributed by atoms with Crippen LogP contribution in [-0.2, 0) is 9.59 Å². The maximum Gasteiger partial charge on any atom is 0.306 e. The molecule has 2 rings (SSSR count). The molecule has 18 heavy (non-hydrogen) atoms. The summed E-state index contributed by atoms with van der Waals surface area (Å²) in [6.45, 7) is 0.359. The topological polar surface area (TPSA) is 98.1 Å². The number of aliphatic hydroxyl groups is 2. The largest absolute Gasteiger partial charge is 0.481 e. The highest BCUT2D eigenvalue weighted by molar-refractivity contribution is 5.80. The highest BCUT2D eigenvalue weighted by Gasteiger charge is 2.37. The summed E-state index contributed by atoms with van der Waals surface area (Å²) in [5.41, 5.74) is 0. The Balaban J connectivity index is 1.86. The molecule has 1 aliphatic heterocycles. The molecule has 102 valence electrons. The molecule has 2 fully saturated rings. The zero-order chi connectivity index (χ0) is 13.3. The fourth-order valence-electron chi connectivity index (χ4n) is 2.79. The van der Waals surface area contributed by atoms with E-state index in [4.69, 9.17) is 5.11 Å². The van der Waals surface area contributed by atoms with E-state index >= 15 is 0 Å². The number of hydrogen-bond acceptors (Lipinski definition) is 4. The summed E-state index contributed by atoms with van der Waals surface area (Å²) in [6.07, 6.45) is 0.514. The van der Waals surface area contributed by atoms with Crippen LogP contribution >= 0.6 is 0 Å². The van der Waals surface area contributed by atoms with Gasteiger partial charge < -0.3 is 20.2 Å². The van der Waals surface area contributed by atoms with Gasteiger partial charge in [-0.3, -0.25) is 9.59 Å². The van der Waals surface area contributed by atoms with E-state index in [-0.39, 0.29) is 30.8 Å². The molecule has 0 spiro atoms. The first-order valence-electron chi connectivity index (χ1n) is 6.36. The van der Waals surface area contributed by atoms with Crippen molar-refractivity contribution in [3.63, 3.8) is 0 Å². The number of carboxylic acids is 1. The second-order valence-electron chi connectivity index (χ2n) is 5.26. The number of hydrogen-bond donors (Lipinski definition) is 3. The van der Waals surface area contributed by atoms with Gasteiger partial charge in [0.15, 0.2) is 0 Å². The Bertz CT molecular complexity index is 327. The fourth-order valence-corrected chi connectivity index (χ4v) is 2.79. The molecule has 3 N–H and O–H groups in total. The first kappa shape index (κ1) is 13.3. The van der Waals surface area contributed by atoms with Crippen LogP contribution in [0.1, 0.15) is 25.7 Å². The van der Waals surface area contributed by atoms with Crippen molar-refractivity contribution in [3.05, 3.63) is 0 Å². The van der Waals surface area contributed by atoms with E-state index in [1.165, 1.54) is 4.90 Å². The van der Waals surface area contributed by atoms with Gasteiger partial charge in [0.25, 0.3) is 0 Å². The summed E-state index contributed by atoms with van der Waals surface area (Å²) in [5.74, 6) is -1.33. The van der Waals surface area contributed by atoms with Crippen molar-refractivity contribution < 1.29 is 24.9 Å². The van der Waals surface area contributed by atoms with Crippen LogP contribution in [0.5, 0.6) is 0 Å². The normalized spacial score (nSPS) is 36.7. The lowest BCUT2D eigenvalue weighted by molar-refractivity contribution is -0.145. The summed E-state index contributed by atoms with van der Waals surface area (Å²) < 4.78 is 0. The van der Waals surface area contributed by atoms with E-state index in [9.17, 15) is 19.8 Å². The third kappa shape index (κ3) is 2.64. The van der Waals surface area contributed by atoms with Gasteiger partial charge in [-0.05, 0) is 25.7 Å². The van der Waals surface area contributed by atoms with Crippen LogP contribution in [0.15, 0.2) is 0 Å². The highest BCUT2D eigenvalue weighted by Crippen LogP contribution is 2.31. The van der Waals surface area contributed by atoms with E-state index in [0.29, 0.717) is 25.7 Å². The molecule has 1 saturated carbocycles. The van der Waals surface area contributed by atoms with Gasteiger partial charge in [-0.25, -0.2) is 0 Å². The molecule has 0 aromatic heterocycles. The minimum absolute atomic E-state index is 0.0607. The van der Waals surface area contributed by atoms with Crippen molar-refractivity contribution in [2.24, 2.45) is 11.8 Å². The van der Waals surface area contributed by atoms with Crippen LogP contribution < -0.4 is 0 Å². The number of amides is 1. The molecule has 6 nitrogen and oxygen atoms in total. The van der Waals surface area contributed by atoms with E-state index in [2.05, 4.69) is 0 Å². The van der Waals surface area contributed by atoms with Gasteiger partial charge in [0.05, 0.1) is 18.1 Å². The highest BCUT2D eigenvalue weighted by atomic mass is 16.4. The number of rotatable bonds is 2. The summed E-state index contributed by atoms with van der Waals surface area (Å²) >= 11 is 0. The van der Waals surface area contributed by atoms with Crippen molar-refractivity contribution in [1.29, 1.82) is 0 Å². The Morgan fingerprint density at radius 2 is 1.33 bits per heavy atom. The third-order valence-electron chi connectivity index (χ3n) is 4.00. The number of nitrogens with zero attached hydrogens (tertiary/aromatic N) is 1. The SMILES string of the molecule is O=C(O)C1CCC(C(=O)N2CC(O)C(O)C2)CC1. The van der Waals surface area contributed by atoms with Crippen LogP contribution in [0.3, 0.4) is 0 Å². The number of carboxylic acid groups (broad SMARTS) is 1. The Morgan fingerprint density at radius 1 is 0.889 bits per heavy atom. The zero-order valence-corrected chi connectivity index (χ0v) is 10.2. The lowest BCUT2D eigenvalue weighted by atomic mass is 9.81. The molecule has 6 heteroatoms. The van der Waals surface area contributed by atoms with E-state index in [1.54, 1.807) is 0 Å². The molecule has 1 aliphatic carbocycles. The Hall–Kier alpha value is -1.14. The molecule has 1 saturated heterocycles. The van der Waals surface area contributed by atoms with E-state index in [0.717, 1.165) is 0 Å². The van der Waals surface area contributed by atoms with Crippen molar-refractivity contribution in [2.75, 3.05) is 13.1 Å². The number of likely N-dealkylation sites (tertiary alicyclic amines) is 1. The first-order chi connectivity index (χ1) is 8.49. The number of β-amino-alcohol motifs (C(OH)–C–C–N with tert-alkyl or cyclic N) is 2. The summed E-state index contributed by atoms with van der Waals surface area (Å²) in [6, 6.07) is 0. The molecule has 0 bridgehead atoms. The predicted octanol–water partition coefficient (Wildman–Crippen LogP) is -0.559. The van der Waals surface area contributed by atoms with E-state index < -0.39 is 18.2 Å². The average molecular weight is 257 g/mol. The Kier molecular flexibility index (Phi) is 3.87. The smallest absolute Gasteiger partial charge is 0.306 e. The minimum atomic E-state index is -0.857. The molecule has 2 unspecified atom stereocenters. The van der Waals surface area contributed by atoms with Gasteiger partial charge in [-0.2, -0.15) is 0 Å². The molecular weight excluding hydrogens is 238 g/mol. The van der Waals surface area contributed by atoms with E-state index in [1.807, 2.05) is 0 Å². The zero-order valence-electron chi connectivity index (χ0n) is 10.2. The Morgan fingerprint density at radius 3 is 1.78 bits per heavy atom. The van der Waals surface area contributed by atoms with Crippen molar-refractivity contribution in [3.8, 4) is 0 Å². The quantitative estimate of drug-likeness (QED) is 0.616. The van der Waals surface area contributed by atoms with Gasteiger partial charge in [0, 0.05) is 19.0 Å². The standard InChI is InChI=1S/C12H19NO5/c14-9-5-13(6-10(9)15)11(16)7-1-3-8(4-2-7)12(17)18/h7-10,14-15H,1-6H2,(H,17,18). The number of aliphatic carboxylic acids is 1. The molecule has 1 heterocycles. The van der Waals surface area contributed by atoms with Crippen molar-refractivity contribution in [1.82, 2.24) is 4.90 Å². The van der Waals surface area contributed by atoms with Crippen LogP contribution in [0.2, 0.25) is 0 Å². The first-order valence-corrected chi connectivity index (χ1v) is 6.36. The molecule has 0 radical (unpaired) electrons. The van der Waals surface area contributed by atoms with Gasteiger partial charge in [0.2, 0.25) is 5.91 Å². The van der Waals surface area contributed by atoms with Crippen LogP contribution in [0.4, 0.5) is 0 Å². The summed E-state index contributed by atoms with van der Waals surface area (Å²) in [5, 5.41) is 27.7.